The molecule has 0 amide bonds. The van der Waals surface area contributed by atoms with Crippen molar-refractivity contribution in [2.75, 3.05) is 12.4 Å². The SMILES string of the molecule is COc1ccc2c(c1)[C@@H](NC(=S)Nc1ccc(F)cc1)CC(C)(C)O2. The first-order valence-electron chi connectivity index (χ1n) is 8.06. The summed E-state index contributed by atoms with van der Waals surface area (Å²) < 4.78 is 24.4. The minimum atomic E-state index is -0.315. The van der Waals surface area contributed by atoms with E-state index in [9.17, 15) is 4.39 Å². The van der Waals surface area contributed by atoms with Crippen LogP contribution in [-0.4, -0.2) is 17.8 Å². The Morgan fingerprint density at radius 3 is 2.64 bits per heavy atom. The second kappa shape index (κ2) is 6.88. The number of ether oxygens (including phenoxy) is 2. The molecule has 0 aliphatic carbocycles. The molecule has 2 N–H and O–H groups in total. The van der Waals surface area contributed by atoms with E-state index in [1.54, 1.807) is 19.2 Å². The van der Waals surface area contributed by atoms with E-state index >= 15 is 0 Å². The quantitative estimate of drug-likeness (QED) is 0.793. The van der Waals surface area contributed by atoms with Crippen LogP contribution in [0.1, 0.15) is 31.9 Å². The summed E-state index contributed by atoms with van der Waals surface area (Å²) in [5.41, 5.74) is 1.42. The molecule has 2 aromatic carbocycles. The van der Waals surface area contributed by atoms with Gasteiger partial charge in [0, 0.05) is 17.7 Å². The van der Waals surface area contributed by atoms with E-state index in [0.29, 0.717) is 5.11 Å². The average Bonchev–Trinajstić information content (AvgIpc) is 2.55. The second-order valence-electron chi connectivity index (χ2n) is 6.63. The first-order chi connectivity index (χ1) is 11.9. The van der Waals surface area contributed by atoms with E-state index in [-0.39, 0.29) is 17.5 Å². The van der Waals surface area contributed by atoms with Crippen LogP contribution in [0.5, 0.6) is 11.5 Å². The lowest BCUT2D eigenvalue weighted by molar-refractivity contribution is 0.0695. The summed E-state index contributed by atoms with van der Waals surface area (Å²) in [6, 6.07) is 11.8. The van der Waals surface area contributed by atoms with Crippen LogP contribution in [0.4, 0.5) is 10.1 Å². The van der Waals surface area contributed by atoms with Crippen molar-refractivity contribution >= 4 is 23.0 Å². The van der Waals surface area contributed by atoms with E-state index < -0.39 is 0 Å². The minimum absolute atomic E-state index is 0.0192. The second-order valence-corrected chi connectivity index (χ2v) is 7.04. The molecule has 0 aromatic heterocycles. The molecule has 0 fully saturated rings. The van der Waals surface area contributed by atoms with Crippen molar-refractivity contribution < 1.29 is 13.9 Å². The number of benzene rings is 2. The van der Waals surface area contributed by atoms with Crippen molar-refractivity contribution in [3.63, 3.8) is 0 Å². The van der Waals surface area contributed by atoms with Gasteiger partial charge >= 0.3 is 0 Å². The van der Waals surface area contributed by atoms with Gasteiger partial charge in [0.05, 0.1) is 13.2 Å². The van der Waals surface area contributed by atoms with Crippen LogP contribution in [0, 0.1) is 5.82 Å². The molecule has 0 saturated carbocycles. The van der Waals surface area contributed by atoms with Crippen LogP contribution in [0.25, 0.3) is 0 Å². The molecule has 1 aliphatic rings. The van der Waals surface area contributed by atoms with Gasteiger partial charge in [0.15, 0.2) is 5.11 Å². The van der Waals surface area contributed by atoms with Gasteiger partial charge < -0.3 is 20.1 Å². The first-order valence-corrected chi connectivity index (χ1v) is 8.47. The fourth-order valence-electron chi connectivity index (χ4n) is 2.95. The topological polar surface area (TPSA) is 42.5 Å². The Morgan fingerprint density at radius 1 is 1.24 bits per heavy atom. The van der Waals surface area contributed by atoms with Crippen molar-refractivity contribution in [3.8, 4) is 11.5 Å². The van der Waals surface area contributed by atoms with E-state index in [4.69, 9.17) is 21.7 Å². The summed E-state index contributed by atoms with van der Waals surface area (Å²) in [6.07, 6.45) is 0.748. The molecule has 0 unspecified atom stereocenters. The van der Waals surface area contributed by atoms with Gasteiger partial charge in [-0.3, -0.25) is 0 Å². The zero-order valence-corrected chi connectivity index (χ0v) is 15.2. The van der Waals surface area contributed by atoms with Crippen LogP contribution >= 0.6 is 12.2 Å². The van der Waals surface area contributed by atoms with Crippen LogP contribution in [0.2, 0.25) is 0 Å². The highest BCUT2D eigenvalue weighted by molar-refractivity contribution is 7.80. The van der Waals surface area contributed by atoms with E-state index in [0.717, 1.165) is 29.2 Å². The number of rotatable bonds is 3. The van der Waals surface area contributed by atoms with Gasteiger partial charge in [0.2, 0.25) is 0 Å². The Labute approximate surface area is 152 Å². The zero-order chi connectivity index (χ0) is 18.0. The van der Waals surface area contributed by atoms with Crippen LogP contribution in [-0.2, 0) is 0 Å². The van der Waals surface area contributed by atoms with Crippen LogP contribution in [0.15, 0.2) is 42.5 Å². The van der Waals surface area contributed by atoms with Crippen LogP contribution < -0.4 is 20.1 Å². The Balaban J connectivity index is 1.79. The lowest BCUT2D eigenvalue weighted by atomic mass is 9.89. The molecule has 1 heterocycles. The summed E-state index contributed by atoms with van der Waals surface area (Å²) in [5, 5.41) is 6.90. The Morgan fingerprint density at radius 2 is 1.96 bits per heavy atom. The molecule has 1 atom stereocenters. The number of nitrogens with one attached hydrogen (secondary N) is 2. The van der Waals surface area contributed by atoms with Gasteiger partial charge in [-0.25, -0.2) is 4.39 Å². The van der Waals surface area contributed by atoms with Gasteiger partial charge in [0.1, 0.15) is 22.9 Å². The number of methoxy groups -OCH3 is 1. The zero-order valence-electron chi connectivity index (χ0n) is 14.4. The number of hydrogen-bond donors (Lipinski definition) is 2. The number of hydrogen-bond acceptors (Lipinski definition) is 3. The Bertz CT molecular complexity index is 777. The summed E-state index contributed by atoms with van der Waals surface area (Å²) in [5.74, 6) is 1.31. The third-order valence-electron chi connectivity index (χ3n) is 4.08. The first kappa shape index (κ1) is 17.5. The maximum atomic E-state index is 13.0. The largest absolute Gasteiger partial charge is 0.497 e. The molecule has 0 saturated heterocycles. The Hall–Kier alpha value is -2.34. The molecule has 1 aliphatic heterocycles. The van der Waals surface area contributed by atoms with Gasteiger partial charge in [-0.15, -0.1) is 0 Å². The number of fused-ring (bicyclic) bond motifs is 1. The molecule has 132 valence electrons. The molecule has 0 spiro atoms. The van der Waals surface area contributed by atoms with Crippen molar-refractivity contribution in [1.29, 1.82) is 0 Å². The third kappa shape index (κ3) is 4.20. The number of halogens is 1. The Kier molecular flexibility index (Phi) is 4.81. The van der Waals surface area contributed by atoms with Crippen LogP contribution in [0.3, 0.4) is 0 Å². The summed E-state index contributed by atoms with van der Waals surface area (Å²) in [6.45, 7) is 4.09. The molecule has 4 nitrogen and oxygen atoms in total. The molecule has 6 heteroatoms. The normalized spacial score (nSPS) is 17.8. The van der Waals surface area contributed by atoms with E-state index in [1.165, 1.54) is 12.1 Å². The monoisotopic (exact) mass is 360 g/mol. The number of thiocarbonyl (C=S) groups is 1. The lowest BCUT2D eigenvalue weighted by Gasteiger charge is -2.38. The average molecular weight is 360 g/mol. The van der Waals surface area contributed by atoms with Gasteiger partial charge in [-0.1, -0.05) is 0 Å². The maximum absolute atomic E-state index is 13.0. The fraction of sp³-hybridized carbons (Fsp3) is 0.316. The van der Waals surface area contributed by atoms with Gasteiger partial charge in [-0.05, 0) is 68.5 Å². The predicted molar refractivity (Wildman–Crippen MR) is 101 cm³/mol. The van der Waals surface area contributed by atoms with Crippen molar-refractivity contribution in [3.05, 3.63) is 53.8 Å². The smallest absolute Gasteiger partial charge is 0.171 e. The molecule has 0 radical (unpaired) electrons. The highest BCUT2D eigenvalue weighted by Crippen LogP contribution is 2.41. The summed E-state index contributed by atoms with van der Waals surface area (Å²) >= 11 is 5.43. The number of anilines is 1. The van der Waals surface area contributed by atoms with E-state index in [2.05, 4.69) is 10.6 Å². The molecule has 0 bridgehead atoms. The summed E-state index contributed by atoms with van der Waals surface area (Å²) in [4.78, 5) is 0. The van der Waals surface area contributed by atoms with Crippen molar-refractivity contribution in [2.24, 2.45) is 0 Å². The predicted octanol–water partition coefficient (Wildman–Crippen LogP) is 4.42. The highest BCUT2D eigenvalue weighted by Gasteiger charge is 2.34. The molecular formula is C19H21FN2O2S. The third-order valence-corrected chi connectivity index (χ3v) is 4.30. The fourth-order valence-corrected chi connectivity index (χ4v) is 3.21. The minimum Gasteiger partial charge on any atom is -0.497 e. The van der Waals surface area contributed by atoms with Gasteiger partial charge in [0.25, 0.3) is 0 Å². The molecule has 3 rings (SSSR count). The molecule has 25 heavy (non-hydrogen) atoms. The van der Waals surface area contributed by atoms with Crippen molar-refractivity contribution in [2.45, 2.75) is 31.9 Å². The molecule has 2 aromatic rings. The van der Waals surface area contributed by atoms with E-state index in [1.807, 2.05) is 32.0 Å². The van der Waals surface area contributed by atoms with Crippen molar-refractivity contribution in [1.82, 2.24) is 5.32 Å². The highest BCUT2D eigenvalue weighted by atomic mass is 32.1. The lowest BCUT2D eigenvalue weighted by Crippen LogP contribution is -2.42. The molecular weight excluding hydrogens is 339 g/mol. The summed E-state index contributed by atoms with van der Waals surface area (Å²) in [7, 11) is 1.64. The maximum Gasteiger partial charge on any atom is 0.171 e. The standard InChI is InChI=1S/C19H21FN2O2S/c1-19(2)11-16(15-10-14(23-3)8-9-17(15)24-19)22-18(25)21-13-6-4-12(20)5-7-13/h4-10,16H,11H2,1-3H3,(H2,21,22,25)/t16-/m0/s1. The van der Waals surface area contributed by atoms with Gasteiger partial charge in [-0.2, -0.15) is 0 Å².